The third-order valence-corrected chi connectivity index (χ3v) is 1.92. The second kappa shape index (κ2) is 4.32. The molecule has 90 valence electrons. The molecule has 1 atom stereocenters. The maximum atomic E-state index is 13.1. The first-order valence-electron chi connectivity index (χ1n) is 4.03. The Kier molecular flexibility index (Phi) is 4.07. The standard InChI is InChI=1S/C8H11F5O2/c1-7(2,3-4(14)15)5(9)8(12,13)6(10)11/h5-6H,3H2,1-2H3,(H,14,15). The predicted octanol–water partition coefficient (Wildman–Crippen LogP) is 2.73. The van der Waals surface area contributed by atoms with Gasteiger partial charge in [0.05, 0.1) is 6.42 Å². The summed E-state index contributed by atoms with van der Waals surface area (Å²) >= 11 is 0. The predicted molar refractivity (Wildman–Crippen MR) is 41.9 cm³/mol. The topological polar surface area (TPSA) is 37.3 Å². The Morgan fingerprint density at radius 2 is 1.67 bits per heavy atom. The van der Waals surface area contributed by atoms with Crippen molar-refractivity contribution in [2.24, 2.45) is 5.41 Å². The zero-order valence-electron chi connectivity index (χ0n) is 8.11. The zero-order valence-corrected chi connectivity index (χ0v) is 8.11. The molecule has 0 saturated carbocycles. The van der Waals surface area contributed by atoms with E-state index in [0.717, 1.165) is 13.8 Å². The van der Waals surface area contributed by atoms with Gasteiger partial charge in [0, 0.05) is 5.41 Å². The van der Waals surface area contributed by atoms with Crippen molar-refractivity contribution in [3.63, 3.8) is 0 Å². The molecule has 1 unspecified atom stereocenters. The van der Waals surface area contributed by atoms with E-state index in [1.807, 2.05) is 0 Å². The molecule has 0 bridgehead atoms. The van der Waals surface area contributed by atoms with Crippen LogP contribution in [0.4, 0.5) is 22.0 Å². The Labute approximate surface area is 83.1 Å². The fourth-order valence-corrected chi connectivity index (χ4v) is 1.11. The molecule has 1 N–H and O–H groups in total. The van der Waals surface area contributed by atoms with E-state index in [9.17, 15) is 26.7 Å². The largest absolute Gasteiger partial charge is 0.481 e. The van der Waals surface area contributed by atoms with Crippen molar-refractivity contribution in [3.8, 4) is 0 Å². The molecule has 2 nitrogen and oxygen atoms in total. The summed E-state index contributed by atoms with van der Waals surface area (Å²) in [5, 5.41) is 8.30. The van der Waals surface area contributed by atoms with Gasteiger partial charge in [0.25, 0.3) is 0 Å². The normalized spacial score (nSPS) is 15.5. The summed E-state index contributed by atoms with van der Waals surface area (Å²) in [5.74, 6) is -6.36. The van der Waals surface area contributed by atoms with E-state index in [-0.39, 0.29) is 0 Å². The fourth-order valence-electron chi connectivity index (χ4n) is 1.11. The number of aliphatic carboxylic acids is 1. The number of alkyl halides is 5. The van der Waals surface area contributed by atoms with Crippen molar-refractivity contribution in [3.05, 3.63) is 0 Å². The Bertz CT molecular complexity index is 239. The highest BCUT2D eigenvalue weighted by atomic mass is 19.3. The molecule has 0 fully saturated rings. The van der Waals surface area contributed by atoms with E-state index in [0.29, 0.717) is 0 Å². The summed E-state index contributed by atoms with van der Waals surface area (Å²) < 4.78 is 61.8. The number of hydrogen-bond acceptors (Lipinski definition) is 1. The first-order chi connectivity index (χ1) is 6.51. The minimum atomic E-state index is -4.83. The van der Waals surface area contributed by atoms with Crippen LogP contribution < -0.4 is 0 Å². The van der Waals surface area contributed by atoms with Gasteiger partial charge in [-0.2, -0.15) is 8.78 Å². The second-order valence-corrected chi connectivity index (χ2v) is 3.90. The molecular weight excluding hydrogens is 223 g/mol. The van der Waals surface area contributed by atoms with Crippen molar-refractivity contribution in [1.82, 2.24) is 0 Å². The maximum absolute atomic E-state index is 13.1. The van der Waals surface area contributed by atoms with E-state index in [4.69, 9.17) is 5.11 Å². The SMILES string of the molecule is CC(C)(CC(=O)O)C(F)C(F)(F)C(F)F. The van der Waals surface area contributed by atoms with Gasteiger partial charge in [-0.1, -0.05) is 13.8 Å². The average Bonchev–Trinajstić information content (AvgIpc) is 2.00. The monoisotopic (exact) mass is 234 g/mol. The fraction of sp³-hybridized carbons (Fsp3) is 0.875. The molecule has 0 heterocycles. The van der Waals surface area contributed by atoms with Crippen molar-refractivity contribution in [2.75, 3.05) is 0 Å². The third kappa shape index (κ3) is 3.32. The average molecular weight is 234 g/mol. The van der Waals surface area contributed by atoms with Gasteiger partial charge >= 0.3 is 18.3 Å². The number of carboxylic acid groups (broad SMARTS) is 1. The highest BCUT2D eigenvalue weighted by molar-refractivity contribution is 5.67. The maximum Gasteiger partial charge on any atom is 0.338 e. The number of hydrogen-bond donors (Lipinski definition) is 1. The van der Waals surface area contributed by atoms with Gasteiger partial charge in [-0.3, -0.25) is 4.79 Å². The Morgan fingerprint density at radius 3 is 1.93 bits per heavy atom. The van der Waals surface area contributed by atoms with Gasteiger partial charge in [0.1, 0.15) is 0 Å². The Balaban J connectivity index is 4.82. The Morgan fingerprint density at radius 1 is 1.27 bits per heavy atom. The quantitative estimate of drug-likeness (QED) is 0.742. The molecular formula is C8H11F5O2. The van der Waals surface area contributed by atoms with Crippen molar-refractivity contribution >= 4 is 5.97 Å². The molecule has 0 amide bonds. The Hall–Kier alpha value is -0.880. The van der Waals surface area contributed by atoms with E-state index < -0.39 is 36.3 Å². The van der Waals surface area contributed by atoms with Gasteiger partial charge < -0.3 is 5.11 Å². The number of carbonyl (C=O) groups is 1. The van der Waals surface area contributed by atoms with Crippen LogP contribution in [-0.2, 0) is 4.79 Å². The second-order valence-electron chi connectivity index (χ2n) is 3.90. The molecule has 0 aliphatic heterocycles. The van der Waals surface area contributed by atoms with Crippen molar-refractivity contribution < 1.29 is 31.9 Å². The number of carboxylic acids is 1. The van der Waals surface area contributed by atoms with Crippen LogP contribution in [0.1, 0.15) is 20.3 Å². The summed E-state index contributed by atoms with van der Waals surface area (Å²) in [4.78, 5) is 10.2. The minimum Gasteiger partial charge on any atom is -0.481 e. The van der Waals surface area contributed by atoms with Crippen LogP contribution in [0.2, 0.25) is 0 Å². The highest BCUT2D eigenvalue weighted by Gasteiger charge is 2.56. The van der Waals surface area contributed by atoms with Crippen LogP contribution in [0.15, 0.2) is 0 Å². The minimum absolute atomic E-state index is 0.863. The molecule has 0 aliphatic carbocycles. The van der Waals surface area contributed by atoms with E-state index in [2.05, 4.69) is 0 Å². The summed E-state index contributed by atoms with van der Waals surface area (Å²) in [5.41, 5.74) is -2.05. The van der Waals surface area contributed by atoms with Gasteiger partial charge in [0.15, 0.2) is 6.17 Å². The molecule has 0 saturated heterocycles. The van der Waals surface area contributed by atoms with Crippen LogP contribution in [0, 0.1) is 5.41 Å². The first kappa shape index (κ1) is 14.1. The molecule has 7 heteroatoms. The molecule has 0 aromatic heterocycles. The summed E-state index contributed by atoms with van der Waals surface area (Å²) in [6.45, 7) is 1.73. The van der Waals surface area contributed by atoms with E-state index in [1.54, 1.807) is 0 Å². The highest BCUT2D eigenvalue weighted by Crippen LogP contribution is 2.41. The molecule has 15 heavy (non-hydrogen) atoms. The van der Waals surface area contributed by atoms with Gasteiger partial charge in [-0.25, -0.2) is 13.2 Å². The van der Waals surface area contributed by atoms with Crippen LogP contribution >= 0.6 is 0 Å². The molecule has 0 rings (SSSR count). The lowest BCUT2D eigenvalue weighted by molar-refractivity contribution is -0.198. The zero-order chi connectivity index (χ0) is 12.4. The lowest BCUT2D eigenvalue weighted by atomic mass is 9.81. The smallest absolute Gasteiger partial charge is 0.338 e. The molecule has 0 spiro atoms. The first-order valence-corrected chi connectivity index (χ1v) is 4.03. The van der Waals surface area contributed by atoms with Crippen molar-refractivity contribution in [2.45, 2.75) is 38.8 Å². The molecule has 0 aromatic rings. The van der Waals surface area contributed by atoms with E-state index in [1.165, 1.54) is 0 Å². The molecule has 0 aromatic carbocycles. The lowest BCUT2D eigenvalue weighted by Gasteiger charge is -2.32. The van der Waals surface area contributed by atoms with Crippen molar-refractivity contribution in [1.29, 1.82) is 0 Å². The van der Waals surface area contributed by atoms with Gasteiger partial charge in [0.2, 0.25) is 0 Å². The molecule has 0 aliphatic rings. The van der Waals surface area contributed by atoms with Gasteiger partial charge in [-0.15, -0.1) is 0 Å². The van der Waals surface area contributed by atoms with Crippen LogP contribution in [0.5, 0.6) is 0 Å². The van der Waals surface area contributed by atoms with Crippen LogP contribution in [0.3, 0.4) is 0 Å². The lowest BCUT2D eigenvalue weighted by Crippen LogP contribution is -2.47. The van der Waals surface area contributed by atoms with Gasteiger partial charge in [-0.05, 0) is 0 Å². The van der Waals surface area contributed by atoms with Crippen LogP contribution in [-0.4, -0.2) is 29.6 Å². The summed E-state index contributed by atoms with van der Waals surface area (Å²) in [7, 11) is 0. The van der Waals surface area contributed by atoms with E-state index >= 15 is 0 Å². The third-order valence-electron chi connectivity index (χ3n) is 1.92. The summed E-state index contributed by atoms with van der Waals surface area (Å²) in [6.07, 6.45) is -8.31. The number of rotatable bonds is 5. The number of halogens is 5. The summed E-state index contributed by atoms with van der Waals surface area (Å²) in [6, 6.07) is 0. The molecule has 0 radical (unpaired) electrons. The van der Waals surface area contributed by atoms with Crippen LogP contribution in [0.25, 0.3) is 0 Å².